The van der Waals surface area contributed by atoms with Crippen LogP contribution in [0.4, 0.5) is 5.95 Å². The fraction of sp³-hybridized carbons (Fsp3) is 0.333. The van der Waals surface area contributed by atoms with Gasteiger partial charge in [-0.1, -0.05) is 29.3 Å². The number of aromatic nitrogens is 5. The Bertz CT molecular complexity index is 1630. The third-order valence-electron chi connectivity index (χ3n) is 7.46. The number of carbonyl (C=O) groups is 2. The van der Waals surface area contributed by atoms with E-state index in [0.29, 0.717) is 47.2 Å². The molecule has 1 aromatic carbocycles. The van der Waals surface area contributed by atoms with Crippen molar-refractivity contribution >= 4 is 46.6 Å². The Hall–Kier alpha value is -3.94. The predicted molar refractivity (Wildman–Crippen MR) is 145 cm³/mol. The van der Waals surface area contributed by atoms with Gasteiger partial charge in [-0.25, -0.2) is 4.52 Å². The number of likely N-dealkylation sites (tertiary alicyclic amines) is 1. The molecule has 12 heteroatoms. The van der Waals surface area contributed by atoms with Gasteiger partial charge < -0.3 is 4.90 Å². The number of anilines is 1. The normalized spacial score (nSPS) is 16.7. The average Bonchev–Trinajstić information content (AvgIpc) is 3.51. The third-order valence-corrected chi connectivity index (χ3v) is 8.01. The summed E-state index contributed by atoms with van der Waals surface area (Å²) < 4.78 is 3.52. The molecule has 4 heterocycles. The SMILES string of the molecule is N#CCC1(n2cc(-c3cccc4nc(NC(=O)C5CC5)nn34)cn2)CCN(C(=O)c2ccc(Cl)cc2Cl)CC1. The lowest BCUT2D eigenvalue weighted by molar-refractivity contribution is -0.117. The van der Waals surface area contributed by atoms with Crippen LogP contribution in [0.25, 0.3) is 16.9 Å². The molecule has 2 fully saturated rings. The van der Waals surface area contributed by atoms with Crippen molar-refractivity contribution < 1.29 is 9.59 Å². The first-order valence-electron chi connectivity index (χ1n) is 12.7. The first-order chi connectivity index (χ1) is 18.9. The van der Waals surface area contributed by atoms with Gasteiger partial charge in [0.25, 0.3) is 5.91 Å². The molecular weight excluding hydrogens is 539 g/mol. The second-order valence-electron chi connectivity index (χ2n) is 10.0. The van der Waals surface area contributed by atoms with Crippen molar-refractivity contribution in [3.63, 3.8) is 0 Å². The van der Waals surface area contributed by atoms with E-state index in [2.05, 4.69) is 26.6 Å². The Morgan fingerprint density at radius 1 is 1.15 bits per heavy atom. The number of fused-ring (bicyclic) bond motifs is 1. The molecule has 10 nitrogen and oxygen atoms in total. The maximum atomic E-state index is 13.1. The molecule has 2 aliphatic rings. The van der Waals surface area contributed by atoms with Crippen LogP contribution in [-0.4, -0.2) is 54.2 Å². The minimum absolute atomic E-state index is 0.0514. The van der Waals surface area contributed by atoms with E-state index in [1.807, 2.05) is 29.1 Å². The molecule has 1 saturated heterocycles. The Kier molecular flexibility index (Phi) is 6.49. The van der Waals surface area contributed by atoms with Gasteiger partial charge in [-0.15, -0.1) is 5.10 Å². The zero-order valence-electron chi connectivity index (χ0n) is 20.8. The summed E-state index contributed by atoms with van der Waals surface area (Å²) in [4.78, 5) is 31.5. The molecule has 1 saturated carbocycles. The fourth-order valence-corrected chi connectivity index (χ4v) is 5.53. The topological polar surface area (TPSA) is 121 Å². The molecule has 1 aliphatic heterocycles. The molecule has 0 bridgehead atoms. The lowest BCUT2D eigenvalue weighted by atomic mass is 9.84. The summed E-state index contributed by atoms with van der Waals surface area (Å²) >= 11 is 12.3. The van der Waals surface area contributed by atoms with Crippen LogP contribution in [0.5, 0.6) is 0 Å². The summed E-state index contributed by atoms with van der Waals surface area (Å²) in [6.45, 7) is 0.911. The molecule has 2 amide bonds. The quantitative estimate of drug-likeness (QED) is 0.360. The number of hydrogen-bond donors (Lipinski definition) is 1. The number of piperidine rings is 1. The Labute approximate surface area is 234 Å². The van der Waals surface area contributed by atoms with E-state index in [0.717, 1.165) is 24.1 Å². The van der Waals surface area contributed by atoms with E-state index in [9.17, 15) is 14.9 Å². The number of carbonyl (C=O) groups excluding carboxylic acids is 2. The number of hydrogen-bond acceptors (Lipinski definition) is 6. The van der Waals surface area contributed by atoms with Crippen molar-refractivity contribution in [3.05, 3.63) is 64.4 Å². The first kappa shape index (κ1) is 25.3. The molecule has 0 unspecified atom stereocenters. The Balaban J connectivity index is 1.23. The smallest absolute Gasteiger partial charge is 0.255 e. The Morgan fingerprint density at radius 3 is 2.67 bits per heavy atom. The molecule has 39 heavy (non-hydrogen) atoms. The van der Waals surface area contributed by atoms with Crippen LogP contribution in [0, 0.1) is 17.2 Å². The van der Waals surface area contributed by atoms with E-state index in [1.54, 1.807) is 33.8 Å². The molecule has 3 aromatic heterocycles. The van der Waals surface area contributed by atoms with Crippen LogP contribution in [0.3, 0.4) is 0 Å². The summed E-state index contributed by atoms with van der Waals surface area (Å²) in [5, 5.41) is 22.4. The number of nitriles is 1. The van der Waals surface area contributed by atoms with Gasteiger partial charge in [0.05, 0.1) is 40.5 Å². The maximum Gasteiger partial charge on any atom is 0.255 e. The largest absolute Gasteiger partial charge is 0.338 e. The summed E-state index contributed by atoms with van der Waals surface area (Å²) in [6.07, 6.45) is 6.81. The first-order valence-corrected chi connectivity index (χ1v) is 13.5. The highest BCUT2D eigenvalue weighted by atomic mass is 35.5. The third kappa shape index (κ3) is 4.84. The number of rotatable bonds is 6. The monoisotopic (exact) mass is 562 g/mol. The van der Waals surface area contributed by atoms with E-state index in [-0.39, 0.29) is 30.1 Å². The lowest BCUT2D eigenvalue weighted by Gasteiger charge is -2.40. The highest BCUT2D eigenvalue weighted by Gasteiger charge is 2.39. The van der Waals surface area contributed by atoms with Gasteiger partial charge in [-0.3, -0.25) is 19.6 Å². The molecule has 6 rings (SSSR count). The van der Waals surface area contributed by atoms with E-state index in [1.165, 1.54) is 0 Å². The highest BCUT2D eigenvalue weighted by molar-refractivity contribution is 6.36. The van der Waals surface area contributed by atoms with Crippen molar-refractivity contribution in [2.24, 2.45) is 5.92 Å². The number of halogens is 2. The van der Waals surface area contributed by atoms with Crippen LogP contribution >= 0.6 is 23.2 Å². The van der Waals surface area contributed by atoms with Crippen molar-refractivity contribution in [1.82, 2.24) is 29.3 Å². The van der Waals surface area contributed by atoms with Crippen LogP contribution < -0.4 is 5.32 Å². The molecular formula is C27H24Cl2N8O2. The summed E-state index contributed by atoms with van der Waals surface area (Å²) in [5.74, 6) is 0.105. The number of nitrogens with one attached hydrogen (secondary N) is 1. The molecule has 1 aliphatic carbocycles. The van der Waals surface area contributed by atoms with E-state index >= 15 is 0 Å². The number of amides is 2. The van der Waals surface area contributed by atoms with Crippen LogP contribution in [0.15, 0.2) is 48.8 Å². The molecule has 4 aromatic rings. The van der Waals surface area contributed by atoms with Gasteiger partial charge in [0, 0.05) is 35.8 Å². The van der Waals surface area contributed by atoms with Gasteiger partial charge in [0.15, 0.2) is 5.65 Å². The second-order valence-corrected chi connectivity index (χ2v) is 10.9. The van der Waals surface area contributed by atoms with Crippen molar-refractivity contribution in [1.29, 1.82) is 5.26 Å². The minimum atomic E-state index is -0.562. The van der Waals surface area contributed by atoms with E-state index in [4.69, 9.17) is 23.2 Å². The standard InChI is InChI=1S/C27H24Cl2N8O2/c28-19-6-7-20(21(29)14-19)25(39)35-12-9-27(8-11-30,10-13-35)36-16-18(15-31-36)22-2-1-3-23-32-26(34-37(22)23)33-24(38)17-4-5-17/h1-3,6-7,14-17H,4-5,8-10,12-13H2,(H,33,34,38). The number of pyridine rings is 1. The summed E-state index contributed by atoms with van der Waals surface area (Å²) in [5.41, 5.74) is 2.01. The molecule has 1 N–H and O–H groups in total. The highest BCUT2D eigenvalue weighted by Crippen LogP contribution is 2.36. The average molecular weight is 563 g/mol. The molecule has 0 radical (unpaired) electrons. The van der Waals surface area contributed by atoms with Crippen LogP contribution in [0.2, 0.25) is 10.0 Å². The predicted octanol–water partition coefficient (Wildman–Crippen LogP) is 4.79. The van der Waals surface area contributed by atoms with Gasteiger partial charge >= 0.3 is 0 Å². The zero-order valence-corrected chi connectivity index (χ0v) is 22.4. The van der Waals surface area contributed by atoms with Gasteiger partial charge in [0.1, 0.15) is 0 Å². The minimum Gasteiger partial charge on any atom is -0.338 e. The van der Waals surface area contributed by atoms with E-state index < -0.39 is 5.54 Å². The van der Waals surface area contributed by atoms with Crippen molar-refractivity contribution in [2.75, 3.05) is 18.4 Å². The van der Waals surface area contributed by atoms with Crippen LogP contribution in [0.1, 0.15) is 42.5 Å². The second kappa shape index (κ2) is 9.98. The summed E-state index contributed by atoms with van der Waals surface area (Å²) in [7, 11) is 0. The summed E-state index contributed by atoms with van der Waals surface area (Å²) in [6, 6.07) is 12.8. The molecule has 0 spiro atoms. The maximum absolute atomic E-state index is 13.1. The van der Waals surface area contributed by atoms with Gasteiger partial charge in [0.2, 0.25) is 11.9 Å². The fourth-order valence-electron chi connectivity index (χ4n) is 5.04. The number of benzene rings is 1. The van der Waals surface area contributed by atoms with Gasteiger partial charge in [-0.05, 0) is 56.0 Å². The Morgan fingerprint density at radius 2 is 1.95 bits per heavy atom. The lowest BCUT2D eigenvalue weighted by Crippen LogP contribution is -2.48. The number of nitrogens with zero attached hydrogens (tertiary/aromatic N) is 7. The van der Waals surface area contributed by atoms with Crippen molar-refractivity contribution in [3.8, 4) is 17.3 Å². The molecule has 0 atom stereocenters. The zero-order chi connectivity index (χ0) is 27.1. The molecule has 198 valence electrons. The van der Waals surface area contributed by atoms with Gasteiger partial charge in [-0.2, -0.15) is 15.3 Å². The van der Waals surface area contributed by atoms with Crippen LogP contribution in [-0.2, 0) is 10.3 Å². The van der Waals surface area contributed by atoms with Crippen molar-refractivity contribution in [2.45, 2.75) is 37.6 Å².